The third kappa shape index (κ3) is 5.25. The summed E-state index contributed by atoms with van der Waals surface area (Å²) in [7, 11) is 1.43. The van der Waals surface area contributed by atoms with Crippen LogP contribution in [0.4, 0.5) is 10.1 Å². The number of ether oxygens (including phenoxy) is 2. The molecule has 0 spiro atoms. The number of primary amides is 1. The highest BCUT2D eigenvalue weighted by molar-refractivity contribution is 6.08. The number of halogens is 1. The molecule has 0 fully saturated rings. The van der Waals surface area contributed by atoms with E-state index in [9.17, 15) is 14.4 Å². The number of nitrogens with two attached hydrogens (primary N) is 1. The zero-order chi connectivity index (χ0) is 28.6. The van der Waals surface area contributed by atoms with E-state index in [0.29, 0.717) is 30.2 Å². The van der Waals surface area contributed by atoms with Gasteiger partial charge in [-0.05, 0) is 30.5 Å². The van der Waals surface area contributed by atoms with Gasteiger partial charge < -0.3 is 30.3 Å². The number of carbonyl (C=O) groups excluding carboxylic acids is 3. The fourth-order valence-electron chi connectivity index (χ4n) is 4.91. The smallest absolute Gasteiger partial charge is 0.254 e. The Labute approximate surface area is 226 Å². The van der Waals surface area contributed by atoms with E-state index in [1.807, 2.05) is 20.8 Å². The lowest BCUT2D eigenvalue weighted by atomic mass is 9.84. The Bertz CT molecular complexity index is 1370. The Morgan fingerprint density at radius 2 is 1.90 bits per heavy atom. The minimum absolute atomic E-state index is 0.00687. The lowest BCUT2D eigenvalue weighted by Gasteiger charge is -2.35. The van der Waals surface area contributed by atoms with Crippen LogP contribution in [0.15, 0.2) is 18.2 Å². The summed E-state index contributed by atoms with van der Waals surface area (Å²) in [6.07, 6.45) is 0. The summed E-state index contributed by atoms with van der Waals surface area (Å²) in [4.78, 5) is 41.0. The molecule has 0 bridgehead atoms. The Hall–Kier alpha value is -4.15. The van der Waals surface area contributed by atoms with Crippen LogP contribution >= 0.6 is 0 Å². The van der Waals surface area contributed by atoms with Crippen molar-refractivity contribution in [2.45, 2.75) is 39.7 Å². The molecule has 39 heavy (non-hydrogen) atoms. The van der Waals surface area contributed by atoms with Crippen molar-refractivity contribution in [3.05, 3.63) is 51.8 Å². The van der Waals surface area contributed by atoms with E-state index in [1.54, 1.807) is 24.0 Å². The number of Topliss-reactive ketones (excluding diaryl/α,β-unsaturated/α-hetero) is 1. The molecule has 11 heteroatoms. The third-order valence-corrected chi connectivity index (χ3v) is 6.83. The number of anilines is 1. The van der Waals surface area contributed by atoms with Crippen LogP contribution in [0.1, 0.15) is 65.1 Å². The predicted molar refractivity (Wildman–Crippen MR) is 145 cm³/mol. The lowest BCUT2D eigenvalue weighted by molar-refractivity contribution is -0.116. The van der Waals surface area contributed by atoms with Gasteiger partial charge in [-0.2, -0.15) is 0 Å². The highest BCUT2D eigenvalue weighted by atomic mass is 19.1. The largest absolute Gasteiger partial charge is 0.490 e. The van der Waals surface area contributed by atoms with Crippen molar-refractivity contribution >= 4 is 29.1 Å². The molecule has 0 radical (unpaired) electrons. The number of amidine groups is 1. The van der Waals surface area contributed by atoms with Crippen molar-refractivity contribution in [2.24, 2.45) is 5.73 Å². The standard InChI is InChI=1S/C28H34FN5O5/c1-6-38-24-17(27(37)32-5)11-16-18(23(24)29)12-34(26(16)31)13-21(35)15-9-19(28(2,3)4)25-20(10-15)33(7-8-39-25)14-22(30)36/h9-11,31H,6-8,12-14H2,1-5H3,(H2,30,36)(H,32,37). The zero-order valence-corrected chi connectivity index (χ0v) is 22.9. The maximum Gasteiger partial charge on any atom is 0.254 e. The molecule has 2 aromatic carbocycles. The van der Waals surface area contributed by atoms with Gasteiger partial charge in [0, 0.05) is 35.8 Å². The van der Waals surface area contributed by atoms with Crippen molar-refractivity contribution in [1.29, 1.82) is 5.41 Å². The van der Waals surface area contributed by atoms with E-state index in [0.717, 1.165) is 5.56 Å². The molecule has 0 saturated carbocycles. The average Bonchev–Trinajstić information content (AvgIpc) is 3.19. The fourth-order valence-corrected chi connectivity index (χ4v) is 4.91. The lowest BCUT2D eigenvalue weighted by Crippen LogP contribution is -2.40. The van der Waals surface area contributed by atoms with Crippen molar-refractivity contribution in [1.82, 2.24) is 10.2 Å². The first kappa shape index (κ1) is 27.9. The van der Waals surface area contributed by atoms with E-state index in [4.69, 9.17) is 20.6 Å². The number of carbonyl (C=O) groups is 3. The van der Waals surface area contributed by atoms with Gasteiger partial charge in [0.15, 0.2) is 17.3 Å². The molecule has 2 aliphatic heterocycles. The number of hydrogen-bond donors (Lipinski definition) is 3. The van der Waals surface area contributed by atoms with Crippen LogP contribution in [0.5, 0.6) is 11.5 Å². The number of ketones is 1. The molecule has 2 aromatic rings. The van der Waals surface area contributed by atoms with Gasteiger partial charge in [-0.25, -0.2) is 4.39 Å². The first-order valence-electron chi connectivity index (χ1n) is 12.8. The molecule has 208 valence electrons. The summed E-state index contributed by atoms with van der Waals surface area (Å²) in [6.45, 7) is 8.45. The average molecular weight is 540 g/mol. The van der Waals surface area contributed by atoms with Gasteiger partial charge in [-0.3, -0.25) is 19.8 Å². The van der Waals surface area contributed by atoms with Crippen LogP contribution in [0, 0.1) is 11.2 Å². The van der Waals surface area contributed by atoms with Crippen molar-refractivity contribution in [3.8, 4) is 11.5 Å². The van der Waals surface area contributed by atoms with Gasteiger partial charge in [0.2, 0.25) is 5.91 Å². The van der Waals surface area contributed by atoms with E-state index < -0.39 is 17.6 Å². The van der Waals surface area contributed by atoms with Gasteiger partial charge >= 0.3 is 0 Å². The molecule has 0 aliphatic carbocycles. The number of amides is 2. The first-order chi connectivity index (χ1) is 18.4. The Morgan fingerprint density at radius 1 is 1.18 bits per heavy atom. The molecule has 4 N–H and O–H groups in total. The highest BCUT2D eigenvalue weighted by Gasteiger charge is 2.34. The topological polar surface area (TPSA) is 138 Å². The number of hydrogen-bond acceptors (Lipinski definition) is 7. The van der Waals surface area contributed by atoms with Crippen molar-refractivity contribution in [2.75, 3.05) is 44.8 Å². The quantitative estimate of drug-likeness (QED) is 0.439. The summed E-state index contributed by atoms with van der Waals surface area (Å²) >= 11 is 0. The van der Waals surface area contributed by atoms with Crippen LogP contribution in [0.2, 0.25) is 0 Å². The maximum absolute atomic E-state index is 15.5. The Kier molecular flexibility index (Phi) is 7.54. The van der Waals surface area contributed by atoms with Gasteiger partial charge in [0.1, 0.15) is 18.2 Å². The Balaban J connectivity index is 1.69. The van der Waals surface area contributed by atoms with Gasteiger partial charge in [0.25, 0.3) is 5.91 Å². The van der Waals surface area contributed by atoms with Crippen LogP contribution in [0.3, 0.4) is 0 Å². The number of benzene rings is 2. The maximum atomic E-state index is 15.5. The number of rotatable bonds is 8. The summed E-state index contributed by atoms with van der Waals surface area (Å²) in [5, 5.41) is 11.1. The van der Waals surface area contributed by atoms with Crippen LogP contribution in [-0.4, -0.2) is 68.2 Å². The van der Waals surface area contributed by atoms with Crippen molar-refractivity contribution < 1.29 is 28.2 Å². The molecule has 0 atom stereocenters. The first-order valence-corrected chi connectivity index (χ1v) is 12.8. The molecule has 0 unspecified atom stereocenters. The molecule has 10 nitrogen and oxygen atoms in total. The summed E-state index contributed by atoms with van der Waals surface area (Å²) < 4.78 is 26.9. The minimum atomic E-state index is -0.712. The summed E-state index contributed by atoms with van der Waals surface area (Å²) in [5.41, 5.74) is 7.32. The summed E-state index contributed by atoms with van der Waals surface area (Å²) in [5.74, 6) is -1.65. The van der Waals surface area contributed by atoms with Gasteiger partial charge in [-0.1, -0.05) is 20.8 Å². The fraction of sp³-hybridized carbons (Fsp3) is 0.429. The second kappa shape index (κ2) is 10.5. The molecule has 0 saturated heterocycles. The predicted octanol–water partition coefficient (Wildman–Crippen LogP) is 2.59. The van der Waals surface area contributed by atoms with Crippen LogP contribution in [0.25, 0.3) is 0 Å². The third-order valence-electron chi connectivity index (χ3n) is 6.83. The van der Waals surface area contributed by atoms with Crippen LogP contribution in [-0.2, 0) is 16.8 Å². The summed E-state index contributed by atoms with van der Waals surface area (Å²) in [6, 6.07) is 4.89. The molecular weight excluding hydrogens is 505 g/mol. The number of nitrogens with zero attached hydrogens (tertiary/aromatic N) is 2. The molecule has 2 amide bonds. The molecule has 2 aliphatic rings. The second-order valence-corrected chi connectivity index (χ2v) is 10.6. The number of fused-ring (bicyclic) bond motifs is 2. The molecule has 2 heterocycles. The van der Waals surface area contributed by atoms with E-state index >= 15 is 4.39 Å². The van der Waals surface area contributed by atoms with E-state index in [2.05, 4.69) is 5.32 Å². The van der Waals surface area contributed by atoms with Gasteiger partial charge in [0.05, 0.1) is 37.5 Å². The van der Waals surface area contributed by atoms with E-state index in [1.165, 1.54) is 18.0 Å². The second-order valence-electron chi connectivity index (χ2n) is 10.6. The minimum Gasteiger partial charge on any atom is -0.490 e. The Morgan fingerprint density at radius 3 is 2.51 bits per heavy atom. The molecule has 0 aromatic heterocycles. The van der Waals surface area contributed by atoms with Crippen LogP contribution < -0.4 is 25.4 Å². The number of nitrogens with one attached hydrogen (secondary N) is 2. The van der Waals surface area contributed by atoms with Crippen molar-refractivity contribution in [3.63, 3.8) is 0 Å². The highest BCUT2D eigenvalue weighted by Crippen LogP contribution is 2.42. The normalized spacial score (nSPS) is 14.5. The van der Waals surface area contributed by atoms with E-state index in [-0.39, 0.29) is 65.7 Å². The monoisotopic (exact) mass is 539 g/mol. The zero-order valence-electron chi connectivity index (χ0n) is 22.9. The van der Waals surface area contributed by atoms with Gasteiger partial charge in [-0.15, -0.1) is 0 Å². The molecule has 4 rings (SSSR count). The SMILES string of the molecule is CCOc1c(C(=O)NC)cc2c(c1F)CN(CC(=O)c1cc3c(c(C(C)(C)C)c1)OCCN3CC(N)=O)C2=N. The molecular formula is C28H34FN5O5.